The quantitative estimate of drug-likeness (QED) is 0.599. The second kappa shape index (κ2) is 7.42. The molecule has 3 nitrogen and oxygen atoms in total. The highest BCUT2D eigenvalue weighted by molar-refractivity contribution is 5.94. The number of aromatic amines is 1. The summed E-state index contributed by atoms with van der Waals surface area (Å²) in [7, 11) is 0. The molecule has 1 aromatic heterocycles. The van der Waals surface area contributed by atoms with E-state index in [1.54, 1.807) is 6.92 Å². The zero-order valence-electron chi connectivity index (χ0n) is 15.1. The van der Waals surface area contributed by atoms with Gasteiger partial charge in [0.1, 0.15) is 5.82 Å². The Kier molecular flexibility index (Phi) is 4.67. The Morgan fingerprint density at radius 3 is 2.48 bits per heavy atom. The maximum absolute atomic E-state index is 11.5. The Hall–Kier alpha value is -3.46. The summed E-state index contributed by atoms with van der Waals surface area (Å²) in [5.41, 5.74) is 5.79. The van der Waals surface area contributed by atoms with Crippen molar-refractivity contribution >= 4 is 11.4 Å². The Morgan fingerprint density at radius 1 is 0.963 bits per heavy atom. The third kappa shape index (κ3) is 3.58. The van der Waals surface area contributed by atoms with E-state index in [4.69, 9.17) is 4.98 Å². The molecule has 3 aromatic rings. The summed E-state index contributed by atoms with van der Waals surface area (Å²) in [5.74, 6) is 0.860. The van der Waals surface area contributed by atoms with Gasteiger partial charge in [0.05, 0.1) is 11.4 Å². The number of hydrogen-bond acceptors (Lipinski definition) is 2. The van der Waals surface area contributed by atoms with Gasteiger partial charge in [0.2, 0.25) is 0 Å². The van der Waals surface area contributed by atoms with E-state index in [0.717, 1.165) is 40.3 Å². The Balaban J connectivity index is 1.82. The van der Waals surface area contributed by atoms with Crippen molar-refractivity contribution in [2.75, 3.05) is 0 Å². The monoisotopic (exact) mass is 352 g/mol. The van der Waals surface area contributed by atoms with Crippen molar-refractivity contribution in [1.82, 2.24) is 9.97 Å². The van der Waals surface area contributed by atoms with Gasteiger partial charge in [-0.3, -0.25) is 4.79 Å². The molecule has 1 aliphatic carbocycles. The number of aromatic nitrogens is 2. The molecule has 132 valence electrons. The van der Waals surface area contributed by atoms with Crippen LogP contribution in [0.4, 0.5) is 0 Å². The molecule has 0 saturated carbocycles. The van der Waals surface area contributed by atoms with Crippen LogP contribution in [0.1, 0.15) is 29.4 Å². The molecule has 0 fully saturated rings. The number of rotatable bonds is 4. The van der Waals surface area contributed by atoms with Gasteiger partial charge in [0, 0.05) is 16.7 Å². The SMILES string of the molecule is CC(=O)c1ccc(-c2nc(-c3ccccc3)c(C3=CCC=CC=C3)[nH]2)cc1. The van der Waals surface area contributed by atoms with Crippen molar-refractivity contribution < 1.29 is 4.79 Å². The number of allylic oxidation sites excluding steroid dienone is 6. The van der Waals surface area contributed by atoms with Gasteiger partial charge in [-0.2, -0.15) is 0 Å². The van der Waals surface area contributed by atoms with Crippen LogP contribution in [-0.4, -0.2) is 15.8 Å². The van der Waals surface area contributed by atoms with E-state index in [-0.39, 0.29) is 5.78 Å². The van der Waals surface area contributed by atoms with Gasteiger partial charge in [-0.1, -0.05) is 85.0 Å². The molecule has 4 rings (SSSR count). The zero-order valence-corrected chi connectivity index (χ0v) is 15.1. The molecule has 1 heterocycles. The van der Waals surface area contributed by atoms with E-state index in [2.05, 4.69) is 47.5 Å². The molecule has 0 bridgehead atoms. The van der Waals surface area contributed by atoms with Crippen LogP contribution >= 0.6 is 0 Å². The third-order valence-electron chi connectivity index (χ3n) is 4.60. The van der Waals surface area contributed by atoms with Crippen LogP contribution in [0.3, 0.4) is 0 Å². The van der Waals surface area contributed by atoms with Crippen LogP contribution in [0.15, 0.2) is 85.0 Å². The molecule has 1 aliphatic rings. The van der Waals surface area contributed by atoms with Crippen molar-refractivity contribution in [1.29, 1.82) is 0 Å². The molecule has 0 radical (unpaired) electrons. The Labute approximate surface area is 158 Å². The van der Waals surface area contributed by atoms with Crippen LogP contribution in [0.2, 0.25) is 0 Å². The summed E-state index contributed by atoms with van der Waals surface area (Å²) in [6.45, 7) is 1.58. The second-order valence-corrected chi connectivity index (χ2v) is 6.49. The van der Waals surface area contributed by atoms with Gasteiger partial charge in [0.25, 0.3) is 0 Å². The van der Waals surface area contributed by atoms with Gasteiger partial charge < -0.3 is 4.98 Å². The first-order valence-electron chi connectivity index (χ1n) is 9.03. The number of nitrogens with one attached hydrogen (secondary N) is 1. The number of hydrogen-bond donors (Lipinski definition) is 1. The lowest BCUT2D eigenvalue weighted by Gasteiger charge is -2.03. The van der Waals surface area contributed by atoms with E-state index in [1.807, 2.05) is 42.5 Å². The Morgan fingerprint density at radius 2 is 1.74 bits per heavy atom. The van der Waals surface area contributed by atoms with Crippen LogP contribution in [0, 0.1) is 0 Å². The standard InChI is InChI=1S/C24H20N2O/c1-17(27)18-13-15-21(16-14-18)24-25-22(19-9-5-2-3-6-10-19)23(26-24)20-11-7-4-8-12-20/h2-5,7-16H,6H2,1H3,(H,25,26). The maximum atomic E-state index is 11.5. The van der Waals surface area contributed by atoms with E-state index in [9.17, 15) is 4.79 Å². The first-order valence-corrected chi connectivity index (χ1v) is 9.03. The molecule has 0 unspecified atom stereocenters. The number of benzene rings is 2. The molecule has 0 saturated heterocycles. The summed E-state index contributed by atoms with van der Waals surface area (Å²) in [5, 5.41) is 0. The maximum Gasteiger partial charge on any atom is 0.159 e. The third-order valence-corrected chi connectivity index (χ3v) is 4.60. The molecule has 2 aromatic carbocycles. The van der Waals surface area contributed by atoms with Crippen LogP contribution in [-0.2, 0) is 0 Å². The number of H-pyrrole nitrogens is 1. The lowest BCUT2D eigenvalue weighted by atomic mass is 10.0. The predicted molar refractivity (Wildman–Crippen MR) is 110 cm³/mol. The summed E-state index contributed by atoms with van der Waals surface area (Å²) < 4.78 is 0. The summed E-state index contributed by atoms with van der Waals surface area (Å²) in [6.07, 6.45) is 11.4. The summed E-state index contributed by atoms with van der Waals surface area (Å²) >= 11 is 0. The summed E-state index contributed by atoms with van der Waals surface area (Å²) in [4.78, 5) is 19.9. The number of carbonyl (C=O) groups is 1. The number of carbonyl (C=O) groups excluding carboxylic acids is 1. The lowest BCUT2D eigenvalue weighted by Crippen LogP contribution is -1.91. The molecular formula is C24H20N2O. The van der Waals surface area contributed by atoms with Crippen LogP contribution in [0.25, 0.3) is 28.2 Å². The molecule has 27 heavy (non-hydrogen) atoms. The second-order valence-electron chi connectivity index (χ2n) is 6.49. The number of nitrogens with zero attached hydrogens (tertiary/aromatic N) is 1. The lowest BCUT2D eigenvalue weighted by molar-refractivity contribution is 0.101. The highest BCUT2D eigenvalue weighted by Gasteiger charge is 2.16. The largest absolute Gasteiger partial charge is 0.337 e. The van der Waals surface area contributed by atoms with Crippen molar-refractivity contribution in [3.8, 4) is 22.6 Å². The van der Waals surface area contributed by atoms with E-state index >= 15 is 0 Å². The van der Waals surface area contributed by atoms with Crippen molar-refractivity contribution in [3.63, 3.8) is 0 Å². The topological polar surface area (TPSA) is 45.8 Å². The van der Waals surface area contributed by atoms with E-state index in [1.165, 1.54) is 0 Å². The van der Waals surface area contributed by atoms with Gasteiger partial charge in [0.15, 0.2) is 5.78 Å². The fourth-order valence-corrected chi connectivity index (χ4v) is 3.15. The fourth-order valence-electron chi connectivity index (χ4n) is 3.15. The molecule has 0 spiro atoms. The van der Waals surface area contributed by atoms with Gasteiger partial charge in [-0.25, -0.2) is 4.98 Å². The van der Waals surface area contributed by atoms with Crippen molar-refractivity contribution in [2.24, 2.45) is 0 Å². The normalized spacial score (nSPS) is 13.3. The number of ketones is 1. The minimum atomic E-state index is 0.0629. The summed E-state index contributed by atoms with van der Waals surface area (Å²) in [6, 6.07) is 17.8. The minimum absolute atomic E-state index is 0.0629. The first kappa shape index (κ1) is 17.0. The minimum Gasteiger partial charge on any atom is -0.337 e. The number of Topliss-reactive ketones (excluding diaryl/α,β-unsaturated/α-hetero) is 1. The van der Waals surface area contributed by atoms with Gasteiger partial charge in [-0.15, -0.1) is 0 Å². The highest BCUT2D eigenvalue weighted by atomic mass is 16.1. The molecule has 0 aliphatic heterocycles. The first-order chi connectivity index (χ1) is 13.2. The van der Waals surface area contributed by atoms with Crippen molar-refractivity contribution in [3.05, 3.63) is 96.2 Å². The fraction of sp³-hybridized carbons (Fsp3) is 0.0833. The van der Waals surface area contributed by atoms with Crippen LogP contribution in [0.5, 0.6) is 0 Å². The van der Waals surface area contributed by atoms with E-state index in [0.29, 0.717) is 5.56 Å². The van der Waals surface area contributed by atoms with Gasteiger partial charge >= 0.3 is 0 Å². The predicted octanol–water partition coefficient (Wildman–Crippen LogP) is 5.85. The average molecular weight is 352 g/mol. The molecule has 3 heteroatoms. The van der Waals surface area contributed by atoms with Gasteiger partial charge in [-0.05, 0) is 18.9 Å². The van der Waals surface area contributed by atoms with Crippen molar-refractivity contribution in [2.45, 2.75) is 13.3 Å². The van der Waals surface area contributed by atoms with E-state index < -0.39 is 0 Å². The molecular weight excluding hydrogens is 332 g/mol. The molecule has 0 atom stereocenters. The molecule has 1 N–H and O–H groups in total. The molecule has 0 amide bonds. The number of imidazole rings is 1. The highest BCUT2D eigenvalue weighted by Crippen LogP contribution is 2.31. The smallest absolute Gasteiger partial charge is 0.159 e. The Bertz CT molecular complexity index is 1050. The van der Waals surface area contributed by atoms with Crippen LogP contribution < -0.4 is 0 Å². The average Bonchev–Trinajstić information content (AvgIpc) is 2.97. The zero-order chi connectivity index (χ0) is 18.6.